The molecule has 0 spiro atoms. The minimum Gasteiger partial charge on any atom is -0.254 e. The Morgan fingerprint density at radius 3 is 2.62 bits per heavy atom. The first kappa shape index (κ1) is 8.69. The molecular weight excluding hydrogens is 186 g/mol. The highest BCUT2D eigenvalue weighted by atomic mass is 32.2. The van der Waals surface area contributed by atoms with Crippen LogP contribution >= 0.6 is 0 Å². The van der Waals surface area contributed by atoms with Gasteiger partial charge in [0, 0.05) is 18.0 Å². The number of rotatable bonds is 2. The van der Waals surface area contributed by atoms with Gasteiger partial charge in [0.2, 0.25) is 0 Å². The van der Waals surface area contributed by atoms with Gasteiger partial charge in [0.1, 0.15) is 0 Å². The third kappa shape index (κ3) is 1.25. The Kier molecular flexibility index (Phi) is 1.70. The lowest BCUT2D eigenvalue weighted by Crippen LogP contribution is -2.19. The summed E-state index contributed by atoms with van der Waals surface area (Å²) in [7, 11) is -3.02. The quantitative estimate of drug-likeness (QED) is 0.706. The largest absolute Gasteiger partial charge is 0.254 e. The summed E-state index contributed by atoms with van der Waals surface area (Å²) >= 11 is 0. The van der Waals surface area contributed by atoms with Crippen LogP contribution in [0, 0.1) is 6.20 Å². The van der Waals surface area contributed by atoms with E-state index < -0.39 is 14.6 Å². The Morgan fingerprint density at radius 2 is 2.23 bits per heavy atom. The van der Waals surface area contributed by atoms with Crippen molar-refractivity contribution in [3.63, 3.8) is 0 Å². The van der Waals surface area contributed by atoms with Gasteiger partial charge in [-0.15, -0.1) is 0 Å². The van der Waals surface area contributed by atoms with E-state index in [1.54, 1.807) is 18.3 Å². The lowest BCUT2D eigenvalue weighted by Gasteiger charge is -2.11. The van der Waals surface area contributed by atoms with E-state index in [1.807, 2.05) is 0 Å². The summed E-state index contributed by atoms with van der Waals surface area (Å²) in [4.78, 5) is 3.82. The van der Waals surface area contributed by atoms with Crippen molar-refractivity contribution in [2.75, 3.05) is 6.26 Å². The SMILES string of the molecule is CS(=O)(=O)C1(c2[c]nccc2)CC1. The fourth-order valence-corrected chi connectivity index (χ4v) is 2.89. The summed E-state index contributed by atoms with van der Waals surface area (Å²) in [6.45, 7) is 0. The lowest BCUT2D eigenvalue weighted by atomic mass is 10.2. The van der Waals surface area contributed by atoms with Gasteiger partial charge in [-0.1, -0.05) is 6.07 Å². The molecule has 4 heteroatoms. The normalized spacial score (nSPS) is 19.8. The summed E-state index contributed by atoms with van der Waals surface area (Å²) in [5.74, 6) is 0. The first-order chi connectivity index (χ1) is 6.06. The Balaban J connectivity index is 2.49. The fraction of sp³-hybridized carbons (Fsp3) is 0.444. The van der Waals surface area contributed by atoms with Crippen LogP contribution in [0.4, 0.5) is 0 Å². The molecule has 0 saturated heterocycles. The molecule has 1 radical (unpaired) electrons. The number of nitrogens with zero attached hydrogens (tertiary/aromatic N) is 1. The van der Waals surface area contributed by atoms with E-state index in [2.05, 4.69) is 11.2 Å². The Hall–Kier alpha value is -0.900. The molecule has 0 N–H and O–H groups in total. The summed E-state index contributed by atoms with van der Waals surface area (Å²) in [6.07, 6.45) is 7.03. The monoisotopic (exact) mass is 196 g/mol. The molecule has 1 saturated carbocycles. The highest BCUT2D eigenvalue weighted by molar-refractivity contribution is 7.92. The second-order valence-electron chi connectivity index (χ2n) is 3.43. The molecule has 1 aromatic heterocycles. The summed E-state index contributed by atoms with van der Waals surface area (Å²) in [5, 5.41) is 0. The molecule has 0 amide bonds. The maximum absolute atomic E-state index is 11.5. The molecule has 69 valence electrons. The lowest BCUT2D eigenvalue weighted by molar-refractivity contribution is 0.586. The van der Waals surface area contributed by atoms with E-state index in [4.69, 9.17) is 0 Å². The average molecular weight is 196 g/mol. The Labute approximate surface area is 77.7 Å². The van der Waals surface area contributed by atoms with Crippen LogP contribution in [0.15, 0.2) is 18.3 Å². The second kappa shape index (κ2) is 2.54. The van der Waals surface area contributed by atoms with Gasteiger partial charge in [0.15, 0.2) is 9.84 Å². The summed E-state index contributed by atoms with van der Waals surface area (Å²) < 4.78 is 22.3. The molecule has 1 aliphatic carbocycles. The van der Waals surface area contributed by atoms with Crippen LogP contribution in [0.3, 0.4) is 0 Å². The molecule has 1 aromatic rings. The minimum absolute atomic E-state index is 0.665. The van der Waals surface area contributed by atoms with Crippen molar-refractivity contribution in [2.45, 2.75) is 17.6 Å². The van der Waals surface area contributed by atoms with E-state index in [9.17, 15) is 8.42 Å². The van der Waals surface area contributed by atoms with Crippen LogP contribution in [-0.2, 0) is 14.6 Å². The van der Waals surface area contributed by atoms with Crippen molar-refractivity contribution in [1.29, 1.82) is 0 Å². The van der Waals surface area contributed by atoms with Gasteiger partial charge in [0.25, 0.3) is 0 Å². The van der Waals surface area contributed by atoms with Crippen molar-refractivity contribution in [2.24, 2.45) is 0 Å². The van der Waals surface area contributed by atoms with Crippen molar-refractivity contribution >= 4 is 9.84 Å². The van der Waals surface area contributed by atoms with Gasteiger partial charge < -0.3 is 0 Å². The van der Waals surface area contributed by atoms with Crippen LogP contribution in [0.2, 0.25) is 0 Å². The number of pyridine rings is 1. The average Bonchev–Trinajstić information content (AvgIpc) is 2.84. The maximum atomic E-state index is 11.5. The molecule has 1 aliphatic rings. The summed E-state index contributed by atoms with van der Waals surface area (Å²) in [5.41, 5.74) is 0.706. The van der Waals surface area contributed by atoms with Crippen LogP contribution in [0.5, 0.6) is 0 Å². The van der Waals surface area contributed by atoms with E-state index in [-0.39, 0.29) is 0 Å². The molecular formula is C9H10NO2S. The predicted molar refractivity (Wildman–Crippen MR) is 48.8 cm³/mol. The molecule has 0 bridgehead atoms. The van der Waals surface area contributed by atoms with E-state index in [1.165, 1.54) is 6.26 Å². The van der Waals surface area contributed by atoms with Crippen LogP contribution < -0.4 is 0 Å². The van der Waals surface area contributed by atoms with Crippen LogP contribution in [0.1, 0.15) is 18.4 Å². The van der Waals surface area contributed by atoms with Crippen LogP contribution in [0.25, 0.3) is 0 Å². The van der Waals surface area contributed by atoms with Gasteiger partial charge in [0.05, 0.1) is 10.9 Å². The van der Waals surface area contributed by atoms with Crippen LogP contribution in [-0.4, -0.2) is 19.7 Å². The first-order valence-electron chi connectivity index (χ1n) is 4.09. The molecule has 3 nitrogen and oxygen atoms in total. The smallest absolute Gasteiger partial charge is 0.157 e. The molecule has 2 rings (SSSR count). The fourth-order valence-electron chi connectivity index (χ4n) is 1.53. The van der Waals surface area contributed by atoms with Gasteiger partial charge in [-0.3, -0.25) is 4.98 Å². The van der Waals surface area contributed by atoms with Crippen molar-refractivity contribution in [1.82, 2.24) is 4.98 Å². The number of aromatic nitrogens is 1. The zero-order chi connectivity index (χ0) is 9.53. The predicted octanol–water partition coefficient (Wildman–Crippen LogP) is 0.915. The number of sulfone groups is 1. The van der Waals surface area contributed by atoms with E-state index >= 15 is 0 Å². The zero-order valence-corrected chi connectivity index (χ0v) is 8.13. The third-order valence-corrected chi connectivity index (χ3v) is 4.56. The zero-order valence-electron chi connectivity index (χ0n) is 7.32. The van der Waals surface area contributed by atoms with E-state index in [0.29, 0.717) is 18.4 Å². The standard InChI is InChI=1S/C9H10NO2S/c1-13(11,12)9(4-5-9)8-3-2-6-10-7-8/h2-3,6H,4-5H2,1H3. The summed E-state index contributed by atoms with van der Waals surface area (Å²) in [6, 6.07) is 3.53. The molecule has 0 unspecified atom stereocenters. The second-order valence-corrected chi connectivity index (χ2v) is 5.76. The molecule has 1 heterocycles. The third-order valence-electron chi connectivity index (χ3n) is 2.51. The molecule has 13 heavy (non-hydrogen) atoms. The molecule has 0 aliphatic heterocycles. The Bertz CT molecular complexity index is 407. The Morgan fingerprint density at radius 1 is 1.54 bits per heavy atom. The number of hydrogen-bond acceptors (Lipinski definition) is 3. The van der Waals surface area contributed by atoms with E-state index in [0.717, 1.165) is 0 Å². The maximum Gasteiger partial charge on any atom is 0.157 e. The minimum atomic E-state index is -3.02. The topological polar surface area (TPSA) is 47.0 Å². The highest BCUT2D eigenvalue weighted by Gasteiger charge is 2.53. The van der Waals surface area contributed by atoms with Crippen molar-refractivity contribution in [3.8, 4) is 0 Å². The van der Waals surface area contributed by atoms with Crippen molar-refractivity contribution in [3.05, 3.63) is 30.1 Å². The molecule has 1 fully saturated rings. The molecule has 0 atom stereocenters. The number of hydrogen-bond donors (Lipinski definition) is 0. The van der Waals surface area contributed by atoms with Gasteiger partial charge in [-0.2, -0.15) is 0 Å². The molecule has 0 aromatic carbocycles. The highest BCUT2D eigenvalue weighted by Crippen LogP contribution is 2.51. The van der Waals surface area contributed by atoms with Gasteiger partial charge in [-0.25, -0.2) is 8.42 Å². The first-order valence-corrected chi connectivity index (χ1v) is 5.98. The van der Waals surface area contributed by atoms with Crippen molar-refractivity contribution < 1.29 is 8.42 Å². The van der Waals surface area contributed by atoms with Gasteiger partial charge in [-0.05, 0) is 18.9 Å². The van der Waals surface area contributed by atoms with Gasteiger partial charge >= 0.3 is 0 Å².